The lowest BCUT2D eigenvalue weighted by atomic mass is 9.97. The quantitative estimate of drug-likeness (QED) is 0.457. The van der Waals surface area contributed by atoms with E-state index in [2.05, 4.69) is 10.2 Å². The number of anilines is 1. The summed E-state index contributed by atoms with van der Waals surface area (Å²) in [5.41, 5.74) is 2.17. The van der Waals surface area contributed by atoms with Crippen molar-refractivity contribution in [2.24, 2.45) is 0 Å². The van der Waals surface area contributed by atoms with Gasteiger partial charge in [-0.1, -0.05) is 22.9 Å². The molecule has 0 saturated carbocycles. The highest BCUT2D eigenvalue weighted by atomic mass is 35.5. The lowest BCUT2D eigenvalue weighted by Gasteiger charge is -2.24. The molecule has 1 amide bonds. The summed E-state index contributed by atoms with van der Waals surface area (Å²) in [6, 6.07) is 9.03. The van der Waals surface area contributed by atoms with Crippen LogP contribution in [0.5, 0.6) is 11.5 Å². The highest BCUT2D eigenvalue weighted by molar-refractivity contribution is 7.13. The molecular formula is C21H14ClN3O5S. The van der Waals surface area contributed by atoms with Gasteiger partial charge in [0.15, 0.2) is 5.43 Å². The Morgan fingerprint density at radius 1 is 1.13 bits per heavy atom. The Morgan fingerprint density at radius 2 is 1.97 bits per heavy atom. The van der Waals surface area contributed by atoms with Gasteiger partial charge in [-0.3, -0.25) is 14.5 Å². The Hall–Kier alpha value is -3.43. The van der Waals surface area contributed by atoms with Gasteiger partial charge in [-0.2, -0.15) is 0 Å². The van der Waals surface area contributed by atoms with E-state index < -0.39 is 11.9 Å². The van der Waals surface area contributed by atoms with Gasteiger partial charge in [0, 0.05) is 10.6 Å². The largest absolute Gasteiger partial charge is 0.497 e. The summed E-state index contributed by atoms with van der Waals surface area (Å²) in [5.74, 6) is 0.481. The first-order valence-electron chi connectivity index (χ1n) is 9.11. The van der Waals surface area contributed by atoms with Crippen molar-refractivity contribution in [3.63, 3.8) is 0 Å². The van der Waals surface area contributed by atoms with Crippen LogP contribution in [-0.2, 0) is 0 Å². The molecular weight excluding hydrogens is 442 g/mol. The van der Waals surface area contributed by atoms with Crippen molar-refractivity contribution in [2.45, 2.75) is 6.04 Å². The summed E-state index contributed by atoms with van der Waals surface area (Å²) in [4.78, 5) is 28.4. The number of ether oxygens (including phenoxy) is 2. The van der Waals surface area contributed by atoms with Crippen molar-refractivity contribution in [1.29, 1.82) is 0 Å². The van der Waals surface area contributed by atoms with Gasteiger partial charge in [0.05, 0.1) is 25.2 Å². The maximum absolute atomic E-state index is 13.6. The second-order valence-electron chi connectivity index (χ2n) is 6.72. The second-order valence-corrected chi connectivity index (χ2v) is 7.97. The number of carbonyl (C=O) groups is 1. The monoisotopic (exact) mass is 455 g/mol. The van der Waals surface area contributed by atoms with Gasteiger partial charge in [0.2, 0.25) is 10.9 Å². The minimum Gasteiger partial charge on any atom is -0.497 e. The molecule has 0 spiro atoms. The fraction of sp³-hybridized carbons (Fsp3) is 0.143. The summed E-state index contributed by atoms with van der Waals surface area (Å²) in [5, 5.41) is 8.90. The van der Waals surface area contributed by atoms with E-state index in [1.807, 2.05) is 0 Å². The fourth-order valence-electron chi connectivity index (χ4n) is 3.76. The van der Waals surface area contributed by atoms with E-state index in [9.17, 15) is 9.59 Å². The van der Waals surface area contributed by atoms with E-state index in [-0.39, 0.29) is 27.7 Å². The molecule has 0 bridgehead atoms. The number of hydrogen-bond donors (Lipinski definition) is 0. The average Bonchev–Trinajstić information content (AvgIpc) is 3.40. The molecule has 2 aromatic heterocycles. The molecule has 0 fully saturated rings. The third-order valence-electron chi connectivity index (χ3n) is 5.12. The van der Waals surface area contributed by atoms with Crippen LogP contribution in [0.4, 0.5) is 5.13 Å². The van der Waals surface area contributed by atoms with Crippen molar-refractivity contribution in [3.8, 4) is 11.5 Å². The molecule has 2 aromatic carbocycles. The molecule has 0 saturated heterocycles. The van der Waals surface area contributed by atoms with Gasteiger partial charge in [0.1, 0.15) is 28.6 Å². The number of aromatic nitrogens is 2. The number of halogens is 1. The van der Waals surface area contributed by atoms with Gasteiger partial charge < -0.3 is 13.9 Å². The van der Waals surface area contributed by atoms with Crippen molar-refractivity contribution >= 4 is 44.9 Å². The van der Waals surface area contributed by atoms with Crippen LogP contribution in [0.15, 0.2) is 51.1 Å². The lowest BCUT2D eigenvalue weighted by molar-refractivity contribution is 0.0970. The Kier molecular flexibility index (Phi) is 4.64. The lowest BCUT2D eigenvalue weighted by Crippen LogP contribution is -2.29. The van der Waals surface area contributed by atoms with Gasteiger partial charge in [-0.05, 0) is 36.4 Å². The van der Waals surface area contributed by atoms with Gasteiger partial charge in [0.25, 0.3) is 5.91 Å². The number of carbonyl (C=O) groups excluding carboxylic acids is 1. The van der Waals surface area contributed by atoms with Crippen molar-refractivity contribution in [3.05, 3.63) is 74.0 Å². The number of methoxy groups -OCH3 is 2. The average molecular weight is 456 g/mol. The smallest absolute Gasteiger partial charge is 0.297 e. The molecule has 4 aromatic rings. The predicted octanol–water partition coefficient (Wildman–Crippen LogP) is 4.06. The highest BCUT2D eigenvalue weighted by Crippen LogP contribution is 2.45. The van der Waals surface area contributed by atoms with E-state index >= 15 is 0 Å². The number of nitrogens with zero attached hydrogens (tertiary/aromatic N) is 3. The van der Waals surface area contributed by atoms with E-state index in [1.54, 1.807) is 30.3 Å². The Balaban J connectivity index is 1.86. The van der Waals surface area contributed by atoms with Crippen LogP contribution in [0.25, 0.3) is 11.0 Å². The van der Waals surface area contributed by atoms with Gasteiger partial charge in [-0.15, -0.1) is 10.2 Å². The van der Waals surface area contributed by atoms with Crippen molar-refractivity contribution < 1.29 is 18.7 Å². The summed E-state index contributed by atoms with van der Waals surface area (Å²) < 4.78 is 16.8. The SMILES string of the molecule is COc1ccc(OC)c(C2c3c(oc4ccc(Cl)cc4c3=O)C(=O)N2c2nncs2)c1. The van der Waals surface area contributed by atoms with E-state index in [4.69, 9.17) is 25.5 Å². The maximum atomic E-state index is 13.6. The van der Waals surface area contributed by atoms with Crippen LogP contribution in [0.2, 0.25) is 5.02 Å². The molecule has 1 aliphatic heterocycles. The van der Waals surface area contributed by atoms with Crippen LogP contribution in [0.1, 0.15) is 27.7 Å². The van der Waals surface area contributed by atoms with Crippen LogP contribution < -0.4 is 19.8 Å². The normalized spacial score (nSPS) is 15.4. The molecule has 31 heavy (non-hydrogen) atoms. The maximum Gasteiger partial charge on any atom is 0.297 e. The zero-order valence-electron chi connectivity index (χ0n) is 16.3. The standard InChI is InChI=1S/C21H14ClN3O5S/c1-28-11-4-6-14(29-2)12(8-11)17-16-18(26)13-7-10(22)3-5-15(13)30-19(16)20(27)25(17)21-24-23-9-31-21/h3-9,17H,1-2H3. The van der Waals surface area contributed by atoms with Crippen molar-refractivity contribution in [1.82, 2.24) is 10.2 Å². The fourth-order valence-corrected chi connectivity index (χ4v) is 4.52. The molecule has 1 atom stereocenters. The molecule has 1 aliphatic rings. The van der Waals surface area contributed by atoms with Gasteiger partial charge in [-0.25, -0.2) is 0 Å². The van der Waals surface area contributed by atoms with E-state index in [0.29, 0.717) is 27.2 Å². The molecule has 0 N–H and O–H groups in total. The number of benzene rings is 2. The summed E-state index contributed by atoms with van der Waals surface area (Å²) >= 11 is 7.28. The van der Waals surface area contributed by atoms with Gasteiger partial charge >= 0.3 is 0 Å². The topological polar surface area (TPSA) is 94.8 Å². The zero-order chi connectivity index (χ0) is 21.7. The molecule has 8 nitrogen and oxygen atoms in total. The van der Waals surface area contributed by atoms with E-state index in [1.165, 1.54) is 42.0 Å². The zero-order valence-corrected chi connectivity index (χ0v) is 17.9. The van der Waals surface area contributed by atoms with E-state index in [0.717, 1.165) is 0 Å². The second kappa shape index (κ2) is 7.36. The number of hydrogen-bond acceptors (Lipinski definition) is 8. The Bertz CT molecular complexity index is 1390. The number of amides is 1. The number of rotatable bonds is 4. The predicted molar refractivity (Wildman–Crippen MR) is 116 cm³/mol. The molecule has 3 heterocycles. The summed E-state index contributed by atoms with van der Waals surface area (Å²) in [7, 11) is 3.05. The van der Waals surface area contributed by atoms with Crippen LogP contribution >= 0.6 is 22.9 Å². The van der Waals surface area contributed by atoms with Crippen molar-refractivity contribution in [2.75, 3.05) is 19.1 Å². The third kappa shape index (κ3) is 2.96. The summed E-state index contributed by atoms with van der Waals surface area (Å²) in [6.07, 6.45) is 0. The Morgan fingerprint density at radius 3 is 2.68 bits per heavy atom. The first-order chi connectivity index (χ1) is 15.0. The number of fused-ring (bicyclic) bond motifs is 2. The molecule has 0 radical (unpaired) electrons. The highest BCUT2D eigenvalue weighted by Gasteiger charge is 2.46. The first kappa shape index (κ1) is 19.5. The first-order valence-corrected chi connectivity index (χ1v) is 10.4. The van der Waals surface area contributed by atoms with Crippen LogP contribution in [0.3, 0.4) is 0 Å². The third-order valence-corrected chi connectivity index (χ3v) is 6.04. The Labute approximate surface area is 184 Å². The minimum atomic E-state index is -0.847. The molecule has 5 rings (SSSR count). The summed E-state index contributed by atoms with van der Waals surface area (Å²) in [6.45, 7) is 0. The molecule has 1 unspecified atom stereocenters. The molecule has 0 aliphatic carbocycles. The minimum absolute atomic E-state index is 0.0510. The van der Waals surface area contributed by atoms with Crippen LogP contribution in [0, 0.1) is 0 Å². The van der Waals surface area contributed by atoms with Crippen LogP contribution in [-0.4, -0.2) is 30.3 Å². The molecule has 156 valence electrons. The molecule has 10 heteroatoms.